The number of benzene rings is 1. The second-order valence-corrected chi connectivity index (χ2v) is 14.2. The third-order valence-electron chi connectivity index (χ3n) is 6.78. The number of amides is 3. The molecule has 2 atom stereocenters. The number of nitrogens with one attached hydrogen (secondary N) is 1. The summed E-state index contributed by atoms with van der Waals surface area (Å²) in [5, 5.41) is 3.03. The zero-order valence-corrected chi connectivity index (χ0v) is 28.9. The van der Waals surface area contributed by atoms with Gasteiger partial charge in [0.2, 0.25) is 0 Å². The third kappa shape index (κ3) is 5.58. The van der Waals surface area contributed by atoms with Crippen LogP contribution < -0.4 is 5.32 Å². The molecule has 1 aliphatic heterocycles. The van der Waals surface area contributed by atoms with Gasteiger partial charge in [-0.2, -0.15) is 0 Å². The lowest BCUT2D eigenvalue weighted by Gasteiger charge is -2.27. The number of imide groups is 1. The molecule has 0 radical (unpaired) electrons. The standard InChI is InChI=1S/C26H24Br4N2O7S/c1-9(2)21(32-23(34)15-16(24(32)35)18(28)20(30)19(29)17(15)27)26(37)39-8-13(33)31-22-14(25(36)38-4)11-6-5-10(3)7-12(11)40-22/h9-10,21H,5-8H2,1-4H3,(H,31,33)/t10-,21-/m1/s1. The van der Waals surface area contributed by atoms with E-state index in [4.69, 9.17) is 9.47 Å². The Morgan fingerprint density at radius 2 is 1.60 bits per heavy atom. The number of hydrogen-bond donors (Lipinski definition) is 1. The molecule has 3 amide bonds. The summed E-state index contributed by atoms with van der Waals surface area (Å²) >= 11 is 14.8. The number of carbonyl (C=O) groups is 5. The van der Waals surface area contributed by atoms with Gasteiger partial charge in [-0.15, -0.1) is 11.3 Å². The first-order valence-corrected chi connectivity index (χ1v) is 16.2. The van der Waals surface area contributed by atoms with Crippen molar-refractivity contribution in [2.24, 2.45) is 11.8 Å². The molecule has 1 aromatic heterocycles. The molecule has 214 valence electrons. The maximum atomic E-state index is 13.4. The number of anilines is 1. The lowest BCUT2D eigenvalue weighted by atomic mass is 9.88. The number of rotatable bonds is 7. The van der Waals surface area contributed by atoms with Crippen LogP contribution in [0.3, 0.4) is 0 Å². The van der Waals surface area contributed by atoms with E-state index in [1.165, 1.54) is 18.4 Å². The van der Waals surface area contributed by atoms with Gasteiger partial charge < -0.3 is 14.8 Å². The smallest absolute Gasteiger partial charge is 0.341 e. The molecule has 0 spiro atoms. The Hall–Kier alpha value is -1.61. The van der Waals surface area contributed by atoms with E-state index in [1.807, 2.05) is 0 Å². The largest absolute Gasteiger partial charge is 0.465 e. The van der Waals surface area contributed by atoms with Gasteiger partial charge in [-0.05, 0) is 100 Å². The monoisotopic (exact) mass is 824 g/mol. The molecule has 1 N–H and O–H groups in total. The summed E-state index contributed by atoms with van der Waals surface area (Å²) in [6.07, 6.45) is 2.43. The summed E-state index contributed by atoms with van der Waals surface area (Å²) in [6, 6.07) is -1.28. The molecule has 14 heteroatoms. The van der Waals surface area contributed by atoms with Crippen molar-refractivity contribution in [3.8, 4) is 0 Å². The van der Waals surface area contributed by atoms with Crippen molar-refractivity contribution in [2.45, 2.75) is 46.1 Å². The Morgan fingerprint density at radius 1 is 1.02 bits per heavy atom. The summed E-state index contributed by atoms with van der Waals surface area (Å²) < 4.78 is 12.0. The van der Waals surface area contributed by atoms with Crippen LogP contribution in [0.15, 0.2) is 17.9 Å². The van der Waals surface area contributed by atoms with Crippen molar-refractivity contribution in [3.63, 3.8) is 0 Å². The van der Waals surface area contributed by atoms with Gasteiger partial charge in [0.25, 0.3) is 17.7 Å². The van der Waals surface area contributed by atoms with Crippen LogP contribution in [0.2, 0.25) is 0 Å². The topological polar surface area (TPSA) is 119 Å². The average Bonchev–Trinajstić information content (AvgIpc) is 3.38. The SMILES string of the molecule is COC(=O)c1c(NC(=O)COC(=O)[C@@H](C(C)C)N2C(=O)c3c(Br)c(Br)c(Br)c(Br)c3C2=O)sc2c1CC[C@@H](C)C2. The zero-order valence-electron chi connectivity index (χ0n) is 21.8. The van der Waals surface area contributed by atoms with Crippen molar-refractivity contribution in [1.82, 2.24) is 4.90 Å². The van der Waals surface area contributed by atoms with Crippen LogP contribution in [-0.2, 0) is 31.9 Å². The predicted molar refractivity (Wildman–Crippen MR) is 163 cm³/mol. The lowest BCUT2D eigenvalue weighted by Crippen LogP contribution is -2.49. The number of carbonyl (C=O) groups excluding carboxylic acids is 5. The molecule has 1 aliphatic carbocycles. The summed E-state index contributed by atoms with van der Waals surface area (Å²) in [6.45, 7) is 4.80. The highest BCUT2D eigenvalue weighted by Gasteiger charge is 2.48. The number of esters is 2. The van der Waals surface area contributed by atoms with Gasteiger partial charge in [0, 0.05) is 22.8 Å². The van der Waals surface area contributed by atoms with Gasteiger partial charge in [0.05, 0.1) is 23.8 Å². The second-order valence-electron chi connectivity index (χ2n) is 9.88. The number of thiophene rings is 1. The zero-order chi connectivity index (χ0) is 29.6. The number of nitrogens with zero attached hydrogens (tertiary/aromatic N) is 1. The minimum Gasteiger partial charge on any atom is -0.465 e. The highest BCUT2D eigenvalue weighted by Crippen LogP contribution is 2.46. The Balaban J connectivity index is 1.52. The average molecular weight is 828 g/mol. The Morgan fingerprint density at radius 3 is 2.12 bits per heavy atom. The third-order valence-corrected chi connectivity index (χ3v) is 12.7. The van der Waals surface area contributed by atoms with Crippen LogP contribution in [0.25, 0.3) is 0 Å². The molecule has 0 saturated heterocycles. The molecule has 0 fully saturated rings. The maximum absolute atomic E-state index is 13.4. The van der Waals surface area contributed by atoms with E-state index in [9.17, 15) is 24.0 Å². The normalized spacial score (nSPS) is 17.0. The molecule has 9 nitrogen and oxygen atoms in total. The number of hydrogen-bond acceptors (Lipinski definition) is 8. The van der Waals surface area contributed by atoms with Crippen molar-refractivity contribution in [3.05, 3.63) is 45.0 Å². The fourth-order valence-electron chi connectivity index (χ4n) is 4.84. The van der Waals surface area contributed by atoms with Crippen LogP contribution in [0.5, 0.6) is 0 Å². The Labute approximate surface area is 268 Å². The molecule has 0 bridgehead atoms. The molecule has 0 unspecified atom stereocenters. The highest BCUT2D eigenvalue weighted by atomic mass is 79.9. The van der Waals surface area contributed by atoms with Crippen molar-refractivity contribution in [1.29, 1.82) is 0 Å². The van der Waals surface area contributed by atoms with Gasteiger partial charge >= 0.3 is 11.9 Å². The van der Waals surface area contributed by atoms with Gasteiger partial charge in [0.1, 0.15) is 11.0 Å². The lowest BCUT2D eigenvalue weighted by molar-refractivity contribution is -0.152. The van der Waals surface area contributed by atoms with E-state index in [-0.39, 0.29) is 11.1 Å². The maximum Gasteiger partial charge on any atom is 0.341 e. The minimum absolute atomic E-state index is 0.106. The minimum atomic E-state index is -1.28. The summed E-state index contributed by atoms with van der Waals surface area (Å²) in [4.78, 5) is 67.3. The van der Waals surface area contributed by atoms with Crippen molar-refractivity contribution >= 4 is 110 Å². The molecule has 4 rings (SSSR count). The van der Waals surface area contributed by atoms with Crippen LogP contribution in [-0.4, -0.2) is 54.3 Å². The highest BCUT2D eigenvalue weighted by molar-refractivity contribution is 9.15. The molecule has 0 saturated carbocycles. The summed E-state index contributed by atoms with van der Waals surface area (Å²) in [7, 11) is 1.28. The van der Waals surface area contributed by atoms with Crippen molar-refractivity contribution in [2.75, 3.05) is 19.0 Å². The fourth-order valence-corrected chi connectivity index (χ4v) is 8.71. The van der Waals surface area contributed by atoms with Gasteiger partial charge in [0.15, 0.2) is 6.61 Å². The van der Waals surface area contributed by atoms with Crippen LogP contribution in [0, 0.1) is 11.8 Å². The van der Waals surface area contributed by atoms with E-state index in [0.717, 1.165) is 28.2 Å². The first-order chi connectivity index (χ1) is 18.8. The predicted octanol–water partition coefficient (Wildman–Crippen LogP) is 6.51. The molecular weight excluding hydrogens is 804 g/mol. The number of fused-ring (bicyclic) bond motifs is 2. The first kappa shape index (κ1) is 31.3. The van der Waals surface area contributed by atoms with Gasteiger partial charge in [-0.1, -0.05) is 20.8 Å². The number of methoxy groups -OCH3 is 1. The molecule has 2 heterocycles. The fraction of sp³-hybridized carbons (Fsp3) is 0.423. The van der Waals surface area contributed by atoms with Crippen LogP contribution >= 0.6 is 75.1 Å². The van der Waals surface area contributed by atoms with Gasteiger partial charge in [-0.25, -0.2) is 9.59 Å². The molecular formula is C26H24Br4N2O7S. The summed E-state index contributed by atoms with van der Waals surface area (Å²) in [5.74, 6) is -3.49. The number of halogens is 4. The molecule has 1 aromatic carbocycles. The van der Waals surface area contributed by atoms with E-state index >= 15 is 0 Å². The Bertz CT molecular complexity index is 1410. The summed E-state index contributed by atoms with van der Waals surface area (Å²) in [5.41, 5.74) is 1.42. The quantitative estimate of drug-likeness (QED) is 0.146. The van der Waals surface area contributed by atoms with Crippen LogP contribution in [0.1, 0.15) is 68.7 Å². The Kier molecular flexibility index (Phi) is 9.65. The second kappa shape index (κ2) is 12.3. The first-order valence-electron chi connectivity index (χ1n) is 12.2. The molecule has 2 aromatic rings. The van der Waals surface area contributed by atoms with E-state index < -0.39 is 48.2 Å². The number of ether oxygens (including phenoxy) is 2. The van der Waals surface area contributed by atoms with Crippen molar-refractivity contribution < 1.29 is 33.4 Å². The van der Waals surface area contributed by atoms with Crippen LogP contribution in [0.4, 0.5) is 5.00 Å². The molecule has 40 heavy (non-hydrogen) atoms. The van der Waals surface area contributed by atoms with E-state index in [0.29, 0.717) is 40.8 Å². The van der Waals surface area contributed by atoms with E-state index in [2.05, 4.69) is 76.0 Å². The van der Waals surface area contributed by atoms with E-state index in [1.54, 1.807) is 13.8 Å². The molecule has 2 aliphatic rings. The van der Waals surface area contributed by atoms with Gasteiger partial charge in [-0.3, -0.25) is 19.3 Å².